The molecule has 1 aromatic rings. The van der Waals surface area contributed by atoms with Gasteiger partial charge in [-0.3, -0.25) is 15.0 Å². The number of rotatable bonds is 3. The van der Waals surface area contributed by atoms with Crippen LogP contribution in [-0.4, -0.2) is 47.9 Å². The van der Waals surface area contributed by atoms with Crippen LogP contribution in [0.4, 0.5) is 5.69 Å². The molecule has 1 fully saturated rings. The van der Waals surface area contributed by atoms with Gasteiger partial charge in [0.15, 0.2) is 0 Å². The molecule has 1 saturated heterocycles. The minimum Gasteiger partial charge on any atom is -0.305 e. The largest absolute Gasteiger partial charge is 0.305 e. The molecular weight excluding hydrogens is 266 g/mol. The first-order chi connectivity index (χ1) is 9.06. The molecule has 1 aromatic carbocycles. The Morgan fingerprint density at radius 2 is 2.11 bits per heavy atom. The van der Waals surface area contributed by atoms with Crippen molar-refractivity contribution in [2.75, 3.05) is 33.2 Å². The van der Waals surface area contributed by atoms with Crippen molar-refractivity contribution >= 4 is 17.3 Å². The first-order valence-corrected chi connectivity index (χ1v) is 6.78. The van der Waals surface area contributed by atoms with Gasteiger partial charge in [-0.25, -0.2) is 0 Å². The third-order valence-electron chi connectivity index (χ3n) is 3.45. The molecule has 2 rings (SSSR count). The van der Waals surface area contributed by atoms with E-state index in [0.717, 1.165) is 38.2 Å². The average Bonchev–Trinajstić information content (AvgIpc) is 2.57. The first-order valence-electron chi connectivity index (χ1n) is 6.40. The Hall–Kier alpha value is -1.17. The number of non-ortho nitro benzene ring substituents is 1. The maximum Gasteiger partial charge on any atom is 0.269 e. The van der Waals surface area contributed by atoms with Gasteiger partial charge in [0, 0.05) is 36.8 Å². The fourth-order valence-electron chi connectivity index (χ4n) is 2.29. The third kappa shape index (κ3) is 3.89. The zero-order valence-corrected chi connectivity index (χ0v) is 11.8. The molecule has 6 heteroatoms. The summed E-state index contributed by atoms with van der Waals surface area (Å²) in [6.45, 7) is 4.76. The quantitative estimate of drug-likeness (QED) is 0.631. The van der Waals surface area contributed by atoms with Crippen LogP contribution in [0.25, 0.3) is 0 Å². The fraction of sp³-hybridized carbons (Fsp3) is 0.538. The molecule has 0 aromatic heterocycles. The lowest BCUT2D eigenvalue weighted by Gasteiger charge is -2.20. The number of nitro benzene ring substituents is 1. The topological polar surface area (TPSA) is 49.6 Å². The summed E-state index contributed by atoms with van der Waals surface area (Å²) in [5.74, 6) is 0. The van der Waals surface area contributed by atoms with Crippen LogP contribution < -0.4 is 0 Å². The number of benzene rings is 1. The lowest BCUT2D eigenvalue weighted by atomic mass is 10.2. The number of nitrogens with zero attached hydrogens (tertiary/aromatic N) is 3. The predicted octanol–water partition coefficient (Wildman–Crippen LogP) is 2.39. The highest BCUT2D eigenvalue weighted by molar-refractivity contribution is 6.31. The van der Waals surface area contributed by atoms with Crippen molar-refractivity contribution in [1.82, 2.24) is 9.80 Å². The van der Waals surface area contributed by atoms with E-state index in [1.807, 2.05) is 0 Å². The third-order valence-corrected chi connectivity index (χ3v) is 3.81. The lowest BCUT2D eigenvalue weighted by Crippen LogP contribution is -2.28. The standard InChI is InChI=1S/C13H18ClN3O2/c1-15-5-2-6-16(8-7-15)10-11-9-12(17(18)19)3-4-13(11)14/h3-4,9H,2,5-8,10H2,1H3. The molecule has 0 amide bonds. The summed E-state index contributed by atoms with van der Waals surface area (Å²) in [4.78, 5) is 15.0. The zero-order valence-electron chi connectivity index (χ0n) is 11.0. The molecule has 1 aliphatic heterocycles. The van der Waals surface area contributed by atoms with Crippen LogP contribution in [0.2, 0.25) is 5.02 Å². The minimum atomic E-state index is -0.379. The van der Waals surface area contributed by atoms with Crippen LogP contribution in [-0.2, 0) is 6.54 Å². The van der Waals surface area contributed by atoms with Gasteiger partial charge < -0.3 is 4.90 Å². The molecule has 0 radical (unpaired) electrons. The molecule has 0 saturated carbocycles. The van der Waals surface area contributed by atoms with Crippen LogP contribution in [0.3, 0.4) is 0 Å². The summed E-state index contributed by atoms with van der Waals surface area (Å²) in [6.07, 6.45) is 1.11. The Balaban J connectivity index is 2.09. The smallest absolute Gasteiger partial charge is 0.269 e. The van der Waals surface area contributed by atoms with Gasteiger partial charge in [0.2, 0.25) is 0 Å². The Bertz CT molecular complexity index is 467. The molecule has 0 spiro atoms. The van der Waals surface area contributed by atoms with Gasteiger partial charge in [0.05, 0.1) is 4.92 Å². The minimum absolute atomic E-state index is 0.103. The van der Waals surface area contributed by atoms with Gasteiger partial charge in [-0.15, -0.1) is 0 Å². The van der Waals surface area contributed by atoms with Crippen LogP contribution in [0.1, 0.15) is 12.0 Å². The Kier molecular flexibility index (Phi) is 4.74. The molecule has 0 N–H and O–H groups in total. The highest BCUT2D eigenvalue weighted by atomic mass is 35.5. The average molecular weight is 284 g/mol. The van der Waals surface area contributed by atoms with E-state index >= 15 is 0 Å². The van der Waals surface area contributed by atoms with E-state index < -0.39 is 0 Å². The molecule has 5 nitrogen and oxygen atoms in total. The van der Waals surface area contributed by atoms with Crippen molar-refractivity contribution in [3.05, 3.63) is 38.9 Å². The van der Waals surface area contributed by atoms with Crippen molar-refractivity contribution in [3.8, 4) is 0 Å². The summed E-state index contributed by atoms with van der Waals surface area (Å²) in [6, 6.07) is 4.64. The lowest BCUT2D eigenvalue weighted by molar-refractivity contribution is -0.384. The van der Waals surface area contributed by atoms with Crippen LogP contribution in [0.5, 0.6) is 0 Å². The fourth-order valence-corrected chi connectivity index (χ4v) is 2.47. The van der Waals surface area contributed by atoms with Gasteiger partial charge in [0.1, 0.15) is 0 Å². The summed E-state index contributed by atoms with van der Waals surface area (Å²) in [5.41, 5.74) is 0.937. The Morgan fingerprint density at radius 1 is 1.32 bits per heavy atom. The number of nitro groups is 1. The highest BCUT2D eigenvalue weighted by Gasteiger charge is 2.15. The van der Waals surface area contributed by atoms with Crippen molar-refractivity contribution < 1.29 is 4.92 Å². The van der Waals surface area contributed by atoms with Gasteiger partial charge in [-0.05, 0) is 38.2 Å². The number of likely N-dealkylation sites (N-methyl/N-ethyl adjacent to an activating group) is 1. The van der Waals surface area contributed by atoms with Crippen molar-refractivity contribution in [3.63, 3.8) is 0 Å². The molecule has 0 aliphatic carbocycles. The number of hydrogen-bond acceptors (Lipinski definition) is 4. The van der Waals surface area contributed by atoms with E-state index in [2.05, 4.69) is 16.8 Å². The molecule has 0 atom stereocenters. The molecule has 1 heterocycles. The zero-order chi connectivity index (χ0) is 13.8. The highest BCUT2D eigenvalue weighted by Crippen LogP contribution is 2.23. The van der Waals surface area contributed by atoms with Gasteiger partial charge >= 0.3 is 0 Å². The summed E-state index contributed by atoms with van der Waals surface area (Å²) >= 11 is 6.13. The maximum absolute atomic E-state index is 10.8. The Labute approximate surface area is 117 Å². The Morgan fingerprint density at radius 3 is 2.84 bits per heavy atom. The van der Waals surface area contributed by atoms with E-state index in [-0.39, 0.29) is 10.6 Å². The van der Waals surface area contributed by atoms with E-state index in [1.54, 1.807) is 12.1 Å². The van der Waals surface area contributed by atoms with Crippen molar-refractivity contribution in [2.45, 2.75) is 13.0 Å². The first kappa shape index (κ1) is 14.2. The predicted molar refractivity (Wildman–Crippen MR) is 75.5 cm³/mol. The molecular formula is C13H18ClN3O2. The number of hydrogen-bond donors (Lipinski definition) is 0. The van der Waals surface area contributed by atoms with E-state index in [4.69, 9.17) is 11.6 Å². The van der Waals surface area contributed by atoms with Gasteiger partial charge in [-0.2, -0.15) is 0 Å². The van der Waals surface area contributed by atoms with Gasteiger partial charge in [0.25, 0.3) is 5.69 Å². The SMILES string of the molecule is CN1CCCN(Cc2cc([N+](=O)[O-])ccc2Cl)CC1. The second-order valence-electron chi connectivity index (χ2n) is 4.97. The summed E-state index contributed by atoms with van der Waals surface area (Å²) in [7, 11) is 2.11. The maximum atomic E-state index is 10.8. The van der Waals surface area contributed by atoms with E-state index in [9.17, 15) is 10.1 Å². The van der Waals surface area contributed by atoms with E-state index in [0.29, 0.717) is 11.6 Å². The van der Waals surface area contributed by atoms with Crippen LogP contribution in [0, 0.1) is 10.1 Å². The number of halogens is 1. The van der Waals surface area contributed by atoms with E-state index in [1.165, 1.54) is 6.07 Å². The molecule has 0 unspecified atom stereocenters. The summed E-state index contributed by atoms with van der Waals surface area (Å²) < 4.78 is 0. The normalized spacial score (nSPS) is 18.2. The van der Waals surface area contributed by atoms with Gasteiger partial charge in [-0.1, -0.05) is 11.6 Å². The second-order valence-corrected chi connectivity index (χ2v) is 5.37. The molecule has 1 aliphatic rings. The molecule has 0 bridgehead atoms. The van der Waals surface area contributed by atoms with Crippen molar-refractivity contribution in [2.24, 2.45) is 0 Å². The molecule has 19 heavy (non-hydrogen) atoms. The van der Waals surface area contributed by atoms with Crippen LogP contribution in [0.15, 0.2) is 18.2 Å². The second kappa shape index (κ2) is 6.32. The van der Waals surface area contributed by atoms with Crippen molar-refractivity contribution in [1.29, 1.82) is 0 Å². The van der Waals surface area contributed by atoms with Crippen LogP contribution >= 0.6 is 11.6 Å². The monoisotopic (exact) mass is 283 g/mol. The molecule has 104 valence electrons. The summed E-state index contributed by atoms with van der Waals surface area (Å²) in [5, 5.41) is 11.4.